The van der Waals surface area contributed by atoms with Crippen LogP contribution in [0.4, 0.5) is 10.5 Å². The van der Waals surface area contributed by atoms with Crippen LogP contribution in [-0.2, 0) is 9.59 Å². The molecule has 3 aromatic rings. The largest absolute Gasteiger partial charge is 0.478 e. The molecule has 0 unspecified atom stereocenters. The number of benzene rings is 3. The van der Waals surface area contributed by atoms with Gasteiger partial charge in [-0.15, -0.1) is 0 Å². The second-order valence-corrected chi connectivity index (χ2v) is 11.8. The standard InChI is InChI=1S/C33H38N4O5/c1-21-11-8-9-16-26(21)24-18-27(22-12-6-5-7-13-22)36(20-29(38)35-33(2,3)4)30(39)28(19-24)37(32(34)42)25-15-10-14-23(17-25)31(40)41/h5-17,24,27-28H,18-20H2,1-4H3,(H2,34,42)(H,35,38)(H,40,41)/t24-,27-,28-/m1/s1. The van der Waals surface area contributed by atoms with E-state index in [0.717, 1.165) is 16.7 Å². The molecule has 0 aliphatic carbocycles. The van der Waals surface area contributed by atoms with Crippen LogP contribution in [0.5, 0.6) is 0 Å². The number of carboxylic acid groups (broad SMARTS) is 1. The van der Waals surface area contributed by atoms with Crippen LogP contribution in [0.3, 0.4) is 0 Å². The molecule has 0 bridgehead atoms. The smallest absolute Gasteiger partial charge is 0.335 e. The first kappa shape index (κ1) is 30.3. The molecule has 0 spiro atoms. The van der Waals surface area contributed by atoms with E-state index in [1.54, 1.807) is 6.07 Å². The number of nitrogens with zero attached hydrogens (tertiary/aromatic N) is 2. The monoisotopic (exact) mass is 570 g/mol. The average Bonchev–Trinajstić information content (AvgIpc) is 3.05. The number of hydrogen-bond acceptors (Lipinski definition) is 4. The van der Waals surface area contributed by atoms with Gasteiger partial charge in [0.25, 0.3) is 0 Å². The Morgan fingerprint density at radius 3 is 2.26 bits per heavy atom. The van der Waals surface area contributed by atoms with Crippen molar-refractivity contribution in [1.82, 2.24) is 10.2 Å². The Hall–Kier alpha value is -4.66. The van der Waals surface area contributed by atoms with Gasteiger partial charge in [0.1, 0.15) is 12.6 Å². The minimum Gasteiger partial charge on any atom is -0.478 e. The molecule has 9 heteroatoms. The predicted molar refractivity (Wildman–Crippen MR) is 161 cm³/mol. The van der Waals surface area contributed by atoms with E-state index in [9.17, 15) is 24.3 Å². The number of anilines is 1. The van der Waals surface area contributed by atoms with Crippen LogP contribution >= 0.6 is 0 Å². The van der Waals surface area contributed by atoms with Crippen LogP contribution in [0, 0.1) is 6.92 Å². The highest BCUT2D eigenvalue weighted by molar-refractivity contribution is 6.01. The van der Waals surface area contributed by atoms with E-state index < -0.39 is 35.5 Å². The van der Waals surface area contributed by atoms with Crippen molar-refractivity contribution in [3.05, 3.63) is 101 Å². The van der Waals surface area contributed by atoms with Gasteiger partial charge in [0, 0.05) is 11.2 Å². The third-order valence-corrected chi connectivity index (χ3v) is 7.52. The molecule has 3 atom stereocenters. The van der Waals surface area contributed by atoms with Crippen molar-refractivity contribution >= 4 is 29.5 Å². The number of carbonyl (C=O) groups is 4. The van der Waals surface area contributed by atoms with E-state index in [-0.39, 0.29) is 36.0 Å². The molecule has 4 rings (SSSR count). The highest BCUT2D eigenvalue weighted by Crippen LogP contribution is 2.42. The minimum absolute atomic E-state index is 0.0427. The molecular weight excluding hydrogens is 532 g/mol. The van der Waals surface area contributed by atoms with Crippen LogP contribution in [0.15, 0.2) is 78.9 Å². The van der Waals surface area contributed by atoms with Gasteiger partial charge in [-0.05, 0) is 81.3 Å². The normalized spacial score (nSPS) is 19.1. The Kier molecular flexibility index (Phi) is 8.99. The third kappa shape index (κ3) is 6.97. The molecule has 220 valence electrons. The van der Waals surface area contributed by atoms with Crippen molar-refractivity contribution < 1.29 is 24.3 Å². The Morgan fingerprint density at radius 2 is 1.64 bits per heavy atom. The maximum absolute atomic E-state index is 14.6. The number of nitrogens with two attached hydrogens (primary N) is 1. The lowest BCUT2D eigenvalue weighted by Crippen LogP contribution is -2.55. The molecule has 1 aliphatic rings. The number of likely N-dealkylation sites (tertiary alicyclic amines) is 1. The molecule has 1 aliphatic heterocycles. The van der Waals surface area contributed by atoms with E-state index in [0.29, 0.717) is 6.42 Å². The highest BCUT2D eigenvalue weighted by atomic mass is 16.4. The first-order chi connectivity index (χ1) is 19.9. The first-order valence-corrected chi connectivity index (χ1v) is 14.0. The SMILES string of the molecule is Cc1ccccc1[C@@H]1C[C@H](c2ccccc2)N(CC(=O)NC(C)(C)C)C(=O)[C@H](N(C(N)=O)c2cccc(C(=O)O)c2)C1. The summed E-state index contributed by atoms with van der Waals surface area (Å²) in [6.07, 6.45) is 0.728. The number of aryl methyl sites for hydroxylation is 1. The van der Waals surface area contributed by atoms with Gasteiger partial charge in [-0.25, -0.2) is 9.59 Å². The number of urea groups is 1. The number of aromatic carboxylic acids is 1. The van der Waals surface area contributed by atoms with Gasteiger partial charge in [-0.2, -0.15) is 0 Å². The molecule has 1 fully saturated rings. The maximum Gasteiger partial charge on any atom is 0.335 e. The van der Waals surface area contributed by atoms with Crippen molar-refractivity contribution in [2.24, 2.45) is 5.73 Å². The van der Waals surface area contributed by atoms with Crippen molar-refractivity contribution in [1.29, 1.82) is 0 Å². The lowest BCUT2D eigenvalue weighted by atomic mass is 9.84. The second-order valence-electron chi connectivity index (χ2n) is 11.8. The van der Waals surface area contributed by atoms with Gasteiger partial charge in [-0.1, -0.05) is 60.7 Å². The summed E-state index contributed by atoms with van der Waals surface area (Å²) in [6.45, 7) is 7.38. The number of rotatable bonds is 7. The fourth-order valence-corrected chi connectivity index (χ4v) is 5.76. The summed E-state index contributed by atoms with van der Waals surface area (Å²) in [7, 11) is 0. The average molecular weight is 571 g/mol. The van der Waals surface area contributed by atoms with Crippen LogP contribution in [0.2, 0.25) is 0 Å². The van der Waals surface area contributed by atoms with Gasteiger partial charge in [0.15, 0.2) is 0 Å². The summed E-state index contributed by atoms with van der Waals surface area (Å²) in [6, 6.07) is 20.8. The molecule has 0 radical (unpaired) electrons. The van der Waals surface area contributed by atoms with Crippen LogP contribution < -0.4 is 16.0 Å². The Labute approximate surface area is 246 Å². The zero-order valence-corrected chi connectivity index (χ0v) is 24.4. The summed E-state index contributed by atoms with van der Waals surface area (Å²) in [4.78, 5) is 55.4. The number of primary amides is 1. The van der Waals surface area contributed by atoms with Gasteiger partial charge in [-0.3, -0.25) is 14.5 Å². The van der Waals surface area contributed by atoms with E-state index >= 15 is 0 Å². The summed E-state index contributed by atoms with van der Waals surface area (Å²) < 4.78 is 0. The van der Waals surface area contributed by atoms with Crippen LogP contribution in [0.1, 0.15) is 72.6 Å². The van der Waals surface area contributed by atoms with E-state index in [4.69, 9.17) is 5.73 Å². The molecule has 0 saturated carbocycles. The summed E-state index contributed by atoms with van der Waals surface area (Å²) >= 11 is 0. The fraction of sp³-hybridized carbons (Fsp3) is 0.333. The number of hydrogen-bond donors (Lipinski definition) is 3. The van der Waals surface area contributed by atoms with Gasteiger partial charge in [0.2, 0.25) is 11.8 Å². The zero-order valence-electron chi connectivity index (χ0n) is 24.4. The summed E-state index contributed by atoms with van der Waals surface area (Å²) in [5.41, 5.74) is 8.49. The number of amides is 4. The zero-order chi connectivity index (χ0) is 30.6. The summed E-state index contributed by atoms with van der Waals surface area (Å²) in [5.74, 6) is -2.13. The lowest BCUT2D eigenvalue weighted by molar-refractivity contribution is -0.139. The predicted octanol–water partition coefficient (Wildman–Crippen LogP) is 5.01. The number of carbonyl (C=O) groups excluding carboxylic acids is 3. The van der Waals surface area contributed by atoms with E-state index in [1.165, 1.54) is 28.0 Å². The van der Waals surface area contributed by atoms with Crippen LogP contribution in [-0.4, -0.2) is 51.9 Å². The van der Waals surface area contributed by atoms with Crippen molar-refractivity contribution in [2.75, 3.05) is 11.4 Å². The van der Waals surface area contributed by atoms with Gasteiger partial charge < -0.3 is 21.1 Å². The Balaban J connectivity index is 1.89. The fourth-order valence-electron chi connectivity index (χ4n) is 5.76. The Morgan fingerprint density at radius 1 is 0.976 bits per heavy atom. The maximum atomic E-state index is 14.6. The summed E-state index contributed by atoms with van der Waals surface area (Å²) in [5, 5.41) is 12.5. The molecule has 0 aromatic heterocycles. The highest BCUT2D eigenvalue weighted by Gasteiger charge is 2.43. The van der Waals surface area contributed by atoms with Gasteiger partial charge >= 0.3 is 12.0 Å². The number of carboxylic acids is 1. The first-order valence-electron chi connectivity index (χ1n) is 14.0. The van der Waals surface area contributed by atoms with Crippen molar-refractivity contribution in [3.63, 3.8) is 0 Å². The molecule has 1 heterocycles. The molecular formula is C33H38N4O5. The number of nitrogens with one attached hydrogen (secondary N) is 1. The van der Waals surface area contributed by atoms with E-state index in [2.05, 4.69) is 5.32 Å². The molecule has 3 aromatic carbocycles. The van der Waals surface area contributed by atoms with E-state index in [1.807, 2.05) is 82.3 Å². The molecule has 1 saturated heterocycles. The van der Waals surface area contributed by atoms with Crippen LogP contribution in [0.25, 0.3) is 0 Å². The quantitative estimate of drug-likeness (QED) is 0.367. The van der Waals surface area contributed by atoms with Gasteiger partial charge in [0.05, 0.1) is 11.6 Å². The molecule has 4 amide bonds. The topological polar surface area (TPSA) is 133 Å². The molecule has 42 heavy (non-hydrogen) atoms. The third-order valence-electron chi connectivity index (χ3n) is 7.52. The second kappa shape index (κ2) is 12.5. The Bertz CT molecular complexity index is 1470. The van der Waals surface area contributed by atoms with Crippen molar-refractivity contribution in [2.45, 2.75) is 64.1 Å². The minimum atomic E-state index is -1.17. The molecule has 4 N–H and O–H groups in total. The van der Waals surface area contributed by atoms with Crippen molar-refractivity contribution in [3.8, 4) is 0 Å². The lowest BCUT2D eigenvalue weighted by Gasteiger charge is -2.35. The molecule has 9 nitrogen and oxygen atoms in total.